The molecule has 2 N–H and O–H groups in total. The van der Waals surface area contributed by atoms with E-state index in [-0.39, 0.29) is 10.7 Å². The van der Waals surface area contributed by atoms with Gasteiger partial charge >= 0.3 is 5.69 Å². The quantitative estimate of drug-likeness (QED) is 0.626. The van der Waals surface area contributed by atoms with E-state index in [9.17, 15) is 9.59 Å². The van der Waals surface area contributed by atoms with Crippen molar-refractivity contribution in [3.63, 3.8) is 0 Å². The monoisotopic (exact) mass is 211 g/mol. The fourth-order valence-corrected chi connectivity index (χ4v) is 1.51. The van der Waals surface area contributed by atoms with E-state index < -0.39 is 11.2 Å². The van der Waals surface area contributed by atoms with Gasteiger partial charge in [0.2, 0.25) is 0 Å². The third-order valence-electron chi connectivity index (χ3n) is 1.87. The van der Waals surface area contributed by atoms with Crippen molar-refractivity contribution in [3.05, 3.63) is 37.6 Å². The third-order valence-corrected chi connectivity index (χ3v) is 2.06. The van der Waals surface area contributed by atoms with Crippen LogP contribution in [0.25, 0.3) is 11.0 Å². The summed E-state index contributed by atoms with van der Waals surface area (Å²) in [7, 11) is 0. The van der Waals surface area contributed by atoms with Gasteiger partial charge in [-0.25, -0.2) is 9.78 Å². The van der Waals surface area contributed by atoms with Crippen molar-refractivity contribution in [2.75, 3.05) is 0 Å². The van der Waals surface area contributed by atoms with Crippen molar-refractivity contribution < 1.29 is 0 Å². The van der Waals surface area contributed by atoms with Crippen molar-refractivity contribution >= 4 is 22.6 Å². The van der Waals surface area contributed by atoms with E-state index >= 15 is 0 Å². The Hall–Kier alpha value is -1.62. The number of halogens is 1. The van der Waals surface area contributed by atoms with Crippen LogP contribution in [-0.4, -0.2) is 15.0 Å². The first-order valence-electron chi connectivity index (χ1n) is 3.87. The predicted octanol–water partition coefficient (Wildman–Crippen LogP) is 0.573. The topological polar surface area (TPSA) is 78.6 Å². The molecular formula is C8H6ClN3O2. The van der Waals surface area contributed by atoms with Crippen LogP contribution >= 0.6 is 11.6 Å². The molecule has 2 aromatic heterocycles. The number of aryl methyl sites for hydroxylation is 1. The fraction of sp³-hybridized carbons (Fsp3) is 0.125. The average Bonchev–Trinajstić information content (AvgIpc) is 2.07. The van der Waals surface area contributed by atoms with Crippen molar-refractivity contribution in [3.8, 4) is 0 Å². The van der Waals surface area contributed by atoms with Gasteiger partial charge in [0, 0.05) is 0 Å². The Balaban J connectivity index is 3.10. The first-order valence-corrected chi connectivity index (χ1v) is 4.25. The Morgan fingerprint density at radius 3 is 2.79 bits per heavy atom. The van der Waals surface area contributed by atoms with Gasteiger partial charge in [-0.2, -0.15) is 0 Å². The lowest BCUT2D eigenvalue weighted by atomic mass is 10.2. The Bertz CT molecular complexity index is 614. The molecule has 0 saturated heterocycles. The zero-order valence-electron chi connectivity index (χ0n) is 7.22. The van der Waals surface area contributed by atoms with Gasteiger partial charge in [0.25, 0.3) is 5.56 Å². The van der Waals surface area contributed by atoms with Gasteiger partial charge in [0.1, 0.15) is 5.15 Å². The molecule has 0 fully saturated rings. The van der Waals surface area contributed by atoms with Crippen LogP contribution in [0.3, 0.4) is 0 Å². The summed E-state index contributed by atoms with van der Waals surface area (Å²) in [5.41, 5.74) is 0.199. The third kappa shape index (κ3) is 1.31. The summed E-state index contributed by atoms with van der Waals surface area (Å²) < 4.78 is 0. The van der Waals surface area contributed by atoms with E-state index in [1.165, 1.54) is 0 Å². The number of fused-ring (bicyclic) bond motifs is 1. The molecule has 0 amide bonds. The standard InChI is InChI=1S/C8H6ClN3O2/c1-3-2-4(9)10-6-5(3)11-8(14)12-7(6)13/h2H,1H3,(H2,11,12,13,14). The van der Waals surface area contributed by atoms with Gasteiger partial charge in [0.05, 0.1) is 5.52 Å². The maximum Gasteiger partial charge on any atom is 0.326 e. The van der Waals surface area contributed by atoms with E-state index in [2.05, 4.69) is 15.0 Å². The van der Waals surface area contributed by atoms with Crippen LogP contribution in [0.15, 0.2) is 15.7 Å². The summed E-state index contributed by atoms with van der Waals surface area (Å²) in [6.07, 6.45) is 0. The molecule has 0 aliphatic carbocycles. The second-order valence-electron chi connectivity index (χ2n) is 2.89. The smallest absolute Gasteiger partial charge is 0.305 e. The lowest BCUT2D eigenvalue weighted by Gasteiger charge is -1.99. The van der Waals surface area contributed by atoms with Gasteiger partial charge in [-0.15, -0.1) is 0 Å². The highest BCUT2D eigenvalue weighted by molar-refractivity contribution is 6.29. The van der Waals surface area contributed by atoms with Crippen molar-refractivity contribution in [2.45, 2.75) is 6.92 Å². The number of nitrogens with zero attached hydrogens (tertiary/aromatic N) is 1. The average molecular weight is 212 g/mol. The van der Waals surface area contributed by atoms with Crippen LogP contribution in [0.4, 0.5) is 0 Å². The first-order chi connectivity index (χ1) is 6.58. The van der Waals surface area contributed by atoms with E-state index in [1.54, 1.807) is 13.0 Å². The molecule has 0 saturated carbocycles. The summed E-state index contributed by atoms with van der Waals surface area (Å²) >= 11 is 5.68. The van der Waals surface area contributed by atoms with Crippen LogP contribution in [0, 0.1) is 6.92 Å². The molecule has 5 nitrogen and oxygen atoms in total. The maximum atomic E-state index is 11.3. The number of hydrogen-bond acceptors (Lipinski definition) is 3. The molecule has 2 heterocycles. The molecule has 0 unspecified atom stereocenters. The molecule has 2 aromatic rings. The highest BCUT2D eigenvalue weighted by Crippen LogP contribution is 2.13. The molecule has 0 aliphatic heterocycles. The van der Waals surface area contributed by atoms with Crippen molar-refractivity contribution in [1.29, 1.82) is 0 Å². The molecular weight excluding hydrogens is 206 g/mol. The van der Waals surface area contributed by atoms with Gasteiger partial charge in [-0.05, 0) is 18.6 Å². The molecule has 72 valence electrons. The van der Waals surface area contributed by atoms with Gasteiger partial charge < -0.3 is 4.98 Å². The minimum atomic E-state index is -0.547. The van der Waals surface area contributed by atoms with Crippen LogP contribution in [0.2, 0.25) is 5.15 Å². The first kappa shape index (κ1) is 8.96. The number of pyridine rings is 1. The summed E-state index contributed by atoms with van der Waals surface area (Å²) in [4.78, 5) is 30.7. The highest BCUT2D eigenvalue weighted by atomic mass is 35.5. The Labute approximate surface area is 82.8 Å². The van der Waals surface area contributed by atoms with E-state index in [0.29, 0.717) is 11.1 Å². The number of aromatic nitrogens is 3. The second kappa shape index (κ2) is 2.95. The summed E-state index contributed by atoms with van der Waals surface area (Å²) in [6, 6.07) is 1.58. The molecule has 0 radical (unpaired) electrons. The van der Waals surface area contributed by atoms with Crippen molar-refractivity contribution in [1.82, 2.24) is 15.0 Å². The summed E-state index contributed by atoms with van der Waals surface area (Å²) in [5, 5.41) is 0.229. The molecule has 0 aliphatic rings. The van der Waals surface area contributed by atoms with Crippen LogP contribution in [0.5, 0.6) is 0 Å². The fourth-order valence-electron chi connectivity index (χ4n) is 1.26. The largest absolute Gasteiger partial charge is 0.326 e. The minimum absolute atomic E-state index is 0.148. The molecule has 0 aromatic carbocycles. The molecule has 6 heteroatoms. The summed E-state index contributed by atoms with van der Waals surface area (Å²) in [5.74, 6) is 0. The highest BCUT2D eigenvalue weighted by Gasteiger charge is 2.05. The number of aromatic amines is 2. The molecule has 14 heavy (non-hydrogen) atoms. The lowest BCUT2D eigenvalue weighted by Crippen LogP contribution is -2.23. The molecule has 0 bridgehead atoms. The van der Waals surface area contributed by atoms with Crippen LogP contribution in [0.1, 0.15) is 5.56 Å². The second-order valence-corrected chi connectivity index (χ2v) is 3.28. The number of H-pyrrole nitrogens is 2. The molecule has 0 atom stereocenters. The van der Waals surface area contributed by atoms with E-state index in [0.717, 1.165) is 0 Å². The SMILES string of the molecule is Cc1cc(Cl)nc2c(=O)[nH]c(=O)[nH]c12. The van der Waals surface area contributed by atoms with E-state index in [1.807, 2.05) is 0 Å². The Kier molecular flexibility index (Phi) is 1.89. The normalized spacial score (nSPS) is 10.7. The molecule has 2 rings (SSSR count). The van der Waals surface area contributed by atoms with Crippen molar-refractivity contribution in [2.24, 2.45) is 0 Å². The summed E-state index contributed by atoms with van der Waals surface area (Å²) in [6.45, 7) is 1.74. The van der Waals surface area contributed by atoms with Gasteiger partial charge in [-0.3, -0.25) is 9.78 Å². The Morgan fingerprint density at radius 1 is 1.36 bits per heavy atom. The van der Waals surface area contributed by atoms with Crippen LogP contribution in [-0.2, 0) is 0 Å². The zero-order valence-corrected chi connectivity index (χ0v) is 7.97. The Morgan fingerprint density at radius 2 is 2.07 bits per heavy atom. The maximum absolute atomic E-state index is 11.3. The zero-order chi connectivity index (χ0) is 10.3. The predicted molar refractivity (Wildman–Crippen MR) is 52.7 cm³/mol. The number of rotatable bonds is 0. The van der Waals surface area contributed by atoms with E-state index in [4.69, 9.17) is 11.6 Å². The number of nitrogens with one attached hydrogen (secondary N) is 2. The minimum Gasteiger partial charge on any atom is -0.305 e. The molecule has 0 spiro atoms. The number of hydrogen-bond donors (Lipinski definition) is 2. The lowest BCUT2D eigenvalue weighted by molar-refractivity contribution is 1.06. The van der Waals surface area contributed by atoms with Crippen LogP contribution < -0.4 is 11.2 Å². The van der Waals surface area contributed by atoms with Gasteiger partial charge in [-0.1, -0.05) is 11.6 Å². The van der Waals surface area contributed by atoms with Gasteiger partial charge in [0.15, 0.2) is 5.52 Å².